The van der Waals surface area contributed by atoms with Crippen LogP contribution in [0, 0.1) is 18.3 Å². The summed E-state index contributed by atoms with van der Waals surface area (Å²) >= 11 is 0. The van der Waals surface area contributed by atoms with Crippen molar-refractivity contribution in [1.82, 2.24) is 9.97 Å². The molecule has 1 fully saturated rings. The van der Waals surface area contributed by atoms with Crippen LogP contribution in [0.25, 0.3) is 0 Å². The van der Waals surface area contributed by atoms with Gasteiger partial charge in [0.05, 0.1) is 0 Å². The van der Waals surface area contributed by atoms with Gasteiger partial charge in [-0.3, -0.25) is 0 Å². The minimum Gasteiger partial charge on any atom is -0.341 e. The molecule has 2 heterocycles. The number of aromatic nitrogens is 2. The van der Waals surface area contributed by atoms with Gasteiger partial charge >= 0.3 is 0 Å². The Bertz CT molecular complexity index is 406. The Kier molecular flexibility index (Phi) is 4.43. The molecule has 19 heavy (non-hydrogen) atoms. The Hall–Kier alpha value is -1.12. The Morgan fingerprint density at radius 3 is 2.53 bits per heavy atom. The van der Waals surface area contributed by atoms with E-state index in [1.807, 2.05) is 19.2 Å². The number of aryl methyl sites for hydroxylation is 1. The first-order valence-electron chi connectivity index (χ1n) is 7.59. The van der Waals surface area contributed by atoms with Crippen molar-refractivity contribution in [2.75, 3.05) is 18.0 Å². The van der Waals surface area contributed by atoms with Crippen molar-refractivity contribution >= 4 is 5.95 Å². The number of hydrogen-bond donors (Lipinski definition) is 0. The number of piperidine rings is 1. The fourth-order valence-electron chi connectivity index (χ4n) is 3.34. The Balaban J connectivity index is 2.02. The SMILES string of the molecule is CCC1(CC(C)C)CCN(c2nccc(C)n2)CC1. The van der Waals surface area contributed by atoms with E-state index in [0.29, 0.717) is 5.41 Å². The summed E-state index contributed by atoms with van der Waals surface area (Å²) in [6, 6.07) is 1.96. The highest BCUT2D eigenvalue weighted by molar-refractivity contribution is 5.31. The molecule has 0 spiro atoms. The van der Waals surface area contributed by atoms with Crippen LogP contribution >= 0.6 is 0 Å². The monoisotopic (exact) mass is 261 g/mol. The van der Waals surface area contributed by atoms with Crippen LogP contribution in [-0.2, 0) is 0 Å². The van der Waals surface area contributed by atoms with Gasteiger partial charge in [-0.25, -0.2) is 9.97 Å². The third-order valence-corrected chi connectivity index (χ3v) is 4.48. The summed E-state index contributed by atoms with van der Waals surface area (Å²) in [6.45, 7) is 11.3. The van der Waals surface area contributed by atoms with Crippen LogP contribution in [0.2, 0.25) is 0 Å². The lowest BCUT2D eigenvalue weighted by Crippen LogP contribution is -2.41. The van der Waals surface area contributed by atoms with Crippen molar-refractivity contribution < 1.29 is 0 Å². The maximum atomic E-state index is 4.55. The van der Waals surface area contributed by atoms with E-state index in [2.05, 4.69) is 35.6 Å². The molecular formula is C16H27N3. The highest BCUT2D eigenvalue weighted by Crippen LogP contribution is 2.41. The van der Waals surface area contributed by atoms with Gasteiger partial charge in [-0.15, -0.1) is 0 Å². The average Bonchev–Trinajstić information content (AvgIpc) is 2.39. The van der Waals surface area contributed by atoms with E-state index < -0.39 is 0 Å². The lowest BCUT2D eigenvalue weighted by Gasteiger charge is -2.42. The molecule has 0 unspecified atom stereocenters. The topological polar surface area (TPSA) is 29.0 Å². The van der Waals surface area contributed by atoms with Crippen LogP contribution in [0.3, 0.4) is 0 Å². The molecule has 0 aromatic carbocycles. The van der Waals surface area contributed by atoms with Crippen LogP contribution in [0.4, 0.5) is 5.95 Å². The number of rotatable bonds is 4. The molecule has 1 aromatic heterocycles. The third kappa shape index (κ3) is 3.46. The van der Waals surface area contributed by atoms with Crippen molar-refractivity contribution in [2.45, 2.75) is 53.4 Å². The van der Waals surface area contributed by atoms with E-state index in [0.717, 1.165) is 30.6 Å². The molecule has 0 atom stereocenters. The van der Waals surface area contributed by atoms with E-state index in [-0.39, 0.29) is 0 Å². The minimum absolute atomic E-state index is 0.550. The van der Waals surface area contributed by atoms with Crippen molar-refractivity contribution in [1.29, 1.82) is 0 Å². The molecule has 0 saturated carbocycles. The molecule has 1 aliphatic rings. The Morgan fingerprint density at radius 1 is 1.32 bits per heavy atom. The molecule has 0 radical (unpaired) electrons. The maximum Gasteiger partial charge on any atom is 0.225 e. The lowest BCUT2D eigenvalue weighted by atomic mass is 9.71. The van der Waals surface area contributed by atoms with Crippen molar-refractivity contribution in [3.8, 4) is 0 Å². The molecule has 0 aliphatic carbocycles. The van der Waals surface area contributed by atoms with Crippen molar-refractivity contribution in [3.05, 3.63) is 18.0 Å². The molecule has 2 rings (SSSR count). The molecule has 106 valence electrons. The van der Waals surface area contributed by atoms with Crippen LogP contribution in [0.5, 0.6) is 0 Å². The van der Waals surface area contributed by atoms with E-state index in [9.17, 15) is 0 Å². The van der Waals surface area contributed by atoms with Gasteiger partial charge in [0.2, 0.25) is 5.95 Å². The van der Waals surface area contributed by atoms with Gasteiger partial charge in [-0.2, -0.15) is 0 Å². The predicted octanol–water partition coefficient (Wildman–Crippen LogP) is 3.83. The maximum absolute atomic E-state index is 4.55. The molecule has 1 aliphatic heterocycles. The summed E-state index contributed by atoms with van der Waals surface area (Å²) in [6.07, 6.45) is 7.07. The molecular weight excluding hydrogens is 234 g/mol. The van der Waals surface area contributed by atoms with Crippen molar-refractivity contribution in [2.24, 2.45) is 11.3 Å². The van der Waals surface area contributed by atoms with E-state index in [1.54, 1.807) is 0 Å². The first kappa shape index (κ1) is 14.3. The fraction of sp³-hybridized carbons (Fsp3) is 0.750. The summed E-state index contributed by atoms with van der Waals surface area (Å²) in [5, 5.41) is 0. The van der Waals surface area contributed by atoms with Crippen LogP contribution in [0.15, 0.2) is 12.3 Å². The van der Waals surface area contributed by atoms with Gasteiger partial charge in [0.25, 0.3) is 0 Å². The molecule has 3 nitrogen and oxygen atoms in total. The highest BCUT2D eigenvalue weighted by Gasteiger charge is 2.34. The molecule has 3 heteroatoms. The zero-order valence-electron chi connectivity index (χ0n) is 12.8. The highest BCUT2D eigenvalue weighted by atomic mass is 15.3. The smallest absolute Gasteiger partial charge is 0.225 e. The summed E-state index contributed by atoms with van der Waals surface area (Å²) in [5.41, 5.74) is 1.61. The summed E-state index contributed by atoms with van der Waals surface area (Å²) in [4.78, 5) is 11.3. The zero-order chi connectivity index (χ0) is 13.9. The second kappa shape index (κ2) is 5.89. The molecule has 1 aromatic rings. The first-order valence-corrected chi connectivity index (χ1v) is 7.59. The normalized spacial score (nSPS) is 18.9. The van der Waals surface area contributed by atoms with Gasteiger partial charge in [-0.05, 0) is 43.6 Å². The van der Waals surface area contributed by atoms with Crippen molar-refractivity contribution in [3.63, 3.8) is 0 Å². The zero-order valence-corrected chi connectivity index (χ0v) is 12.8. The molecule has 0 bridgehead atoms. The Morgan fingerprint density at radius 2 is 2.00 bits per heavy atom. The quantitative estimate of drug-likeness (QED) is 0.825. The van der Waals surface area contributed by atoms with Crippen LogP contribution in [-0.4, -0.2) is 23.1 Å². The van der Waals surface area contributed by atoms with Crippen LogP contribution in [0.1, 0.15) is 52.1 Å². The second-order valence-electron chi connectivity index (χ2n) is 6.44. The molecule has 0 N–H and O–H groups in total. The van der Waals surface area contributed by atoms with Gasteiger partial charge in [0, 0.05) is 25.0 Å². The summed E-state index contributed by atoms with van der Waals surface area (Å²) < 4.78 is 0. The fourth-order valence-corrected chi connectivity index (χ4v) is 3.34. The minimum atomic E-state index is 0.550. The van der Waals surface area contributed by atoms with E-state index >= 15 is 0 Å². The summed E-state index contributed by atoms with van der Waals surface area (Å²) in [7, 11) is 0. The van der Waals surface area contributed by atoms with Gasteiger partial charge in [0.1, 0.15) is 0 Å². The largest absolute Gasteiger partial charge is 0.341 e. The average molecular weight is 261 g/mol. The predicted molar refractivity (Wildman–Crippen MR) is 80.4 cm³/mol. The van der Waals surface area contributed by atoms with E-state index in [4.69, 9.17) is 0 Å². The van der Waals surface area contributed by atoms with Gasteiger partial charge in [0.15, 0.2) is 0 Å². The second-order valence-corrected chi connectivity index (χ2v) is 6.44. The number of nitrogens with zero attached hydrogens (tertiary/aromatic N) is 3. The Labute approximate surface area is 117 Å². The standard InChI is InChI=1S/C16H27N3/c1-5-16(12-13(2)3)7-10-19(11-8-16)15-17-9-6-14(4)18-15/h6,9,13H,5,7-8,10-12H2,1-4H3. The number of anilines is 1. The third-order valence-electron chi connectivity index (χ3n) is 4.48. The van der Waals surface area contributed by atoms with Gasteiger partial charge < -0.3 is 4.90 Å². The van der Waals surface area contributed by atoms with Gasteiger partial charge in [-0.1, -0.05) is 27.2 Å². The van der Waals surface area contributed by atoms with Crippen LogP contribution < -0.4 is 4.90 Å². The lowest BCUT2D eigenvalue weighted by molar-refractivity contribution is 0.165. The molecule has 1 saturated heterocycles. The first-order chi connectivity index (χ1) is 9.04. The summed E-state index contributed by atoms with van der Waals surface area (Å²) in [5.74, 6) is 1.70. The van der Waals surface area contributed by atoms with E-state index in [1.165, 1.54) is 25.7 Å². The molecule has 0 amide bonds. The number of hydrogen-bond acceptors (Lipinski definition) is 3.